The molecule has 3 aromatic carbocycles. The topological polar surface area (TPSA) is 17.3 Å². The van der Waals surface area contributed by atoms with Crippen LogP contribution < -0.4 is 0 Å². The minimum absolute atomic E-state index is 0.199. The van der Waals surface area contributed by atoms with Crippen LogP contribution in [0.3, 0.4) is 0 Å². The van der Waals surface area contributed by atoms with Crippen LogP contribution in [-0.2, 0) is 0 Å². The molecule has 5 rings (SSSR count). The zero-order valence-corrected chi connectivity index (χ0v) is 16.5. The Morgan fingerprint density at radius 1 is 0.857 bits per heavy atom. The number of fused-ring (bicyclic) bond motifs is 6. The molecule has 0 aliphatic rings. The van der Waals surface area contributed by atoms with E-state index in [2.05, 4.69) is 36.6 Å². The molecule has 0 atom stereocenters. The number of aryl methyl sites for hydroxylation is 4. The standard InChI is InChI=1S/C25H21FN2/c1-14-11-16(3)24-20(12-14)22-19(25-27-17(4)13-28(24)25)9-10-21(26)23(22)18-8-6-5-7-15(18)2/h5-13H,1-4H3. The summed E-state index contributed by atoms with van der Waals surface area (Å²) in [4.78, 5) is 4.78. The second-order valence-corrected chi connectivity index (χ2v) is 7.71. The van der Waals surface area contributed by atoms with Gasteiger partial charge in [0.25, 0.3) is 0 Å². The number of nitrogens with zero attached hydrogens (tertiary/aromatic N) is 2. The van der Waals surface area contributed by atoms with Gasteiger partial charge in [-0.2, -0.15) is 0 Å². The first-order valence-corrected chi connectivity index (χ1v) is 9.52. The van der Waals surface area contributed by atoms with E-state index in [1.54, 1.807) is 6.07 Å². The molecule has 0 spiro atoms. The summed E-state index contributed by atoms with van der Waals surface area (Å²) in [6, 6.07) is 15.8. The van der Waals surface area contributed by atoms with Gasteiger partial charge in [0.1, 0.15) is 11.5 Å². The summed E-state index contributed by atoms with van der Waals surface area (Å²) in [7, 11) is 0. The molecule has 5 aromatic rings. The summed E-state index contributed by atoms with van der Waals surface area (Å²) in [6.07, 6.45) is 2.07. The monoisotopic (exact) mass is 368 g/mol. The van der Waals surface area contributed by atoms with Crippen molar-refractivity contribution in [3.8, 4) is 11.1 Å². The van der Waals surface area contributed by atoms with Gasteiger partial charge in [-0.1, -0.05) is 35.9 Å². The third-order valence-electron chi connectivity index (χ3n) is 5.59. The van der Waals surface area contributed by atoms with Gasteiger partial charge >= 0.3 is 0 Å². The third kappa shape index (κ3) is 2.29. The van der Waals surface area contributed by atoms with Crippen LogP contribution in [0.4, 0.5) is 4.39 Å². The molecular formula is C25H21FN2. The van der Waals surface area contributed by atoms with Gasteiger partial charge in [0, 0.05) is 27.9 Å². The maximum absolute atomic E-state index is 15.3. The number of aromatic nitrogens is 2. The van der Waals surface area contributed by atoms with Crippen LogP contribution in [0.2, 0.25) is 0 Å². The largest absolute Gasteiger partial charge is 0.299 e. The molecule has 0 aliphatic carbocycles. The van der Waals surface area contributed by atoms with Crippen molar-refractivity contribution in [2.75, 3.05) is 0 Å². The second-order valence-electron chi connectivity index (χ2n) is 7.71. The fourth-order valence-corrected chi connectivity index (χ4v) is 4.49. The van der Waals surface area contributed by atoms with E-state index in [0.717, 1.165) is 44.1 Å². The van der Waals surface area contributed by atoms with Crippen molar-refractivity contribution in [2.24, 2.45) is 0 Å². The molecular weight excluding hydrogens is 347 g/mol. The van der Waals surface area contributed by atoms with Crippen LogP contribution in [0.15, 0.2) is 54.7 Å². The first-order valence-electron chi connectivity index (χ1n) is 9.52. The van der Waals surface area contributed by atoms with Crippen molar-refractivity contribution in [1.82, 2.24) is 9.38 Å². The fraction of sp³-hybridized carbons (Fsp3) is 0.160. The van der Waals surface area contributed by atoms with Crippen molar-refractivity contribution >= 4 is 27.3 Å². The minimum atomic E-state index is -0.199. The molecule has 0 amide bonds. The lowest BCUT2D eigenvalue weighted by Gasteiger charge is -2.16. The lowest BCUT2D eigenvalue weighted by Crippen LogP contribution is -1.97. The third-order valence-corrected chi connectivity index (χ3v) is 5.59. The van der Waals surface area contributed by atoms with Crippen LogP contribution in [0.1, 0.15) is 22.4 Å². The first-order chi connectivity index (χ1) is 13.5. The number of rotatable bonds is 1. The van der Waals surface area contributed by atoms with Gasteiger partial charge in [-0.25, -0.2) is 9.37 Å². The highest BCUT2D eigenvalue weighted by Gasteiger charge is 2.19. The maximum atomic E-state index is 15.3. The van der Waals surface area contributed by atoms with Gasteiger partial charge in [0.05, 0.1) is 11.2 Å². The van der Waals surface area contributed by atoms with Gasteiger partial charge < -0.3 is 0 Å². The van der Waals surface area contributed by atoms with E-state index in [4.69, 9.17) is 4.98 Å². The zero-order chi connectivity index (χ0) is 19.6. The molecule has 0 radical (unpaired) electrons. The van der Waals surface area contributed by atoms with E-state index in [0.29, 0.717) is 5.56 Å². The Bertz CT molecular complexity index is 1410. The SMILES string of the molecule is Cc1cc(C)c2c(c1)c1c(-c3ccccc3C)c(F)ccc1c1nc(C)cn12. The Kier molecular flexibility index (Phi) is 3.57. The molecule has 0 aliphatic heterocycles. The van der Waals surface area contributed by atoms with Gasteiger partial charge in [-0.3, -0.25) is 4.40 Å². The van der Waals surface area contributed by atoms with E-state index in [1.807, 2.05) is 44.2 Å². The van der Waals surface area contributed by atoms with Crippen molar-refractivity contribution in [3.63, 3.8) is 0 Å². The number of pyridine rings is 1. The second kappa shape index (κ2) is 5.90. The number of imidazole rings is 1. The van der Waals surface area contributed by atoms with Gasteiger partial charge in [0.2, 0.25) is 0 Å². The van der Waals surface area contributed by atoms with E-state index in [9.17, 15) is 0 Å². The molecule has 0 N–H and O–H groups in total. The summed E-state index contributed by atoms with van der Waals surface area (Å²) < 4.78 is 17.4. The zero-order valence-electron chi connectivity index (χ0n) is 16.5. The molecule has 2 nitrogen and oxygen atoms in total. The van der Waals surface area contributed by atoms with Gasteiger partial charge in [0.15, 0.2) is 0 Å². The van der Waals surface area contributed by atoms with Crippen LogP contribution in [0, 0.1) is 33.5 Å². The normalized spacial score (nSPS) is 11.8. The Morgan fingerprint density at radius 3 is 2.43 bits per heavy atom. The van der Waals surface area contributed by atoms with Gasteiger partial charge in [-0.05, 0) is 62.6 Å². The summed E-state index contributed by atoms with van der Waals surface area (Å²) in [6.45, 7) is 8.24. The Balaban J connectivity index is 2.15. The number of hydrogen-bond acceptors (Lipinski definition) is 1. The molecule has 0 unspecified atom stereocenters. The predicted molar refractivity (Wildman–Crippen MR) is 115 cm³/mol. The molecule has 3 heteroatoms. The van der Waals surface area contributed by atoms with Gasteiger partial charge in [-0.15, -0.1) is 0 Å². The molecule has 138 valence electrons. The predicted octanol–water partition coefficient (Wildman–Crippen LogP) is 6.68. The van der Waals surface area contributed by atoms with Crippen molar-refractivity contribution in [1.29, 1.82) is 0 Å². The highest BCUT2D eigenvalue weighted by Crippen LogP contribution is 2.40. The highest BCUT2D eigenvalue weighted by molar-refractivity contribution is 6.18. The highest BCUT2D eigenvalue weighted by atomic mass is 19.1. The average Bonchev–Trinajstić information content (AvgIpc) is 3.03. The molecule has 28 heavy (non-hydrogen) atoms. The molecule has 2 aromatic heterocycles. The quantitative estimate of drug-likeness (QED) is 0.302. The first kappa shape index (κ1) is 16.9. The van der Waals surface area contributed by atoms with Crippen LogP contribution >= 0.6 is 0 Å². The molecule has 2 heterocycles. The van der Waals surface area contributed by atoms with E-state index >= 15 is 4.39 Å². The van der Waals surface area contributed by atoms with E-state index in [-0.39, 0.29) is 5.82 Å². The molecule has 0 saturated carbocycles. The Hall–Kier alpha value is -3.20. The smallest absolute Gasteiger partial charge is 0.145 e. The lowest BCUT2D eigenvalue weighted by molar-refractivity contribution is 0.633. The number of benzene rings is 3. The van der Waals surface area contributed by atoms with Crippen molar-refractivity contribution in [3.05, 3.63) is 82.9 Å². The molecule has 0 bridgehead atoms. The summed E-state index contributed by atoms with van der Waals surface area (Å²) in [5.41, 5.74) is 7.91. The van der Waals surface area contributed by atoms with Crippen molar-refractivity contribution < 1.29 is 4.39 Å². The minimum Gasteiger partial charge on any atom is -0.299 e. The molecule has 0 saturated heterocycles. The van der Waals surface area contributed by atoms with E-state index < -0.39 is 0 Å². The Morgan fingerprint density at radius 2 is 1.64 bits per heavy atom. The summed E-state index contributed by atoms with van der Waals surface area (Å²) in [5.74, 6) is -0.199. The maximum Gasteiger partial charge on any atom is 0.145 e. The number of halogens is 1. The lowest BCUT2D eigenvalue weighted by atomic mass is 9.91. The van der Waals surface area contributed by atoms with E-state index in [1.165, 1.54) is 11.1 Å². The van der Waals surface area contributed by atoms with Crippen LogP contribution in [0.25, 0.3) is 38.4 Å². The fourth-order valence-electron chi connectivity index (χ4n) is 4.49. The average molecular weight is 368 g/mol. The molecule has 0 fully saturated rings. The Labute approximate surface area is 163 Å². The number of hydrogen-bond donors (Lipinski definition) is 0. The summed E-state index contributed by atoms with van der Waals surface area (Å²) in [5, 5.41) is 2.98. The summed E-state index contributed by atoms with van der Waals surface area (Å²) >= 11 is 0. The van der Waals surface area contributed by atoms with Crippen LogP contribution in [0.5, 0.6) is 0 Å². The van der Waals surface area contributed by atoms with Crippen LogP contribution in [-0.4, -0.2) is 9.38 Å². The van der Waals surface area contributed by atoms with Crippen molar-refractivity contribution in [2.45, 2.75) is 27.7 Å².